The van der Waals surface area contributed by atoms with E-state index in [4.69, 9.17) is 16.3 Å². The molecule has 5 nitrogen and oxygen atoms in total. The van der Waals surface area contributed by atoms with Gasteiger partial charge in [-0.1, -0.05) is 43.6 Å². The van der Waals surface area contributed by atoms with Crippen molar-refractivity contribution in [3.05, 3.63) is 35.2 Å². The summed E-state index contributed by atoms with van der Waals surface area (Å²) in [6.45, 7) is 5.55. The van der Waals surface area contributed by atoms with E-state index in [1.54, 1.807) is 0 Å². The second-order valence-electron chi connectivity index (χ2n) is 5.99. The Morgan fingerprint density at radius 2 is 2.04 bits per heavy atom. The number of hydrogen-bond acceptors (Lipinski definition) is 4. The number of benzene rings is 1. The van der Waals surface area contributed by atoms with E-state index in [0.717, 1.165) is 16.4 Å². The number of ether oxygens (including phenoxy) is 1. The molecule has 0 saturated heterocycles. The zero-order chi connectivity index (χ0) is 16.6. The molecule has 0 saturated carbocycles. The standard InChI is InChI=1S/C17H18ClN3O2/c1-9(2)8-13(23-10(3)22)17-20-14-11-6-4-5-7-12(11)19-16(18)15(14)21-17/h4-7,9,13H,8H2,1-3H3,(H,20,21). The van der Waals surface area contributed by atoms with E-state index < -0.39 is 6.10 Å². The van der Waals surface area contributed by atoms with Gasteiger partial charge in [-0.25, -0.2) is 9.97 Å². The lowest BCUT2D eigenvalue weighted by atomic mass is 10.1. The molecule has 120 valence electrons. The molecule has 1 unspecified atom stereocenters. The second-order valence-corrected chi connectivity index (χ2v) is 6.35. The Balaban J connectivity index is 2.15. The van der Waals surface area contributed by atoms with Gasteiger partial charge in [0, 0.05) is 12.3 Å². The van der Waals surface area contributed by atoms with E-state index in [1.807, 2.05) is 24.3 Å². The van der Waals surface area contributed by atoms with E-state index in [-0.39, 0.29) is 5.97 Å². The van der Waals surface area contributed by atoms with Crippen LogP contribution in [0.1, 0.15) is 39.1 Å². The van der Waals surface area contributed by atoms with Crippen LogP contribution in [0.15, 0.2) is 24.3 Å². The molecule has 0 bridgehead atoms. The molecule has 3 rings (SSSR count). The summed E-state index contributed by atoms with van der Waals surface area (Å²) in [6, 6.07) is 7.72. The number of carbonyl (C=O) groups excluding carboxylic acids is 1. The van der Waals surface area contributed by atoms with Crippen molar-refractivity contribution in [1.29, 1.82) is 0 Å². The number of carbonyl (C=O) groups is 1. The largest absolute Gasteiger partial charge is 0.454 e. The van der Waals surface area contributed by atoms with Gasteiger partial charge in [0.2, 0.25) is 0 Å². The topological polar surface area (TPSA) is 67.9 Å². The number of esters is 1. The van der Waals surface area contributed by atoms with Crippen molar-refractivity contribution >= 4 is 39.5 Å². The van der Waals surface area contributed by atoms with E-state index in [1.165, 1.54) is 6.92 Å². The van der Waals surface area contributed by atoms with Gasteiger partial charge in [-0.05, 0) is 18.4 Å². The van der Waals surface area contributed by atoms with Crippen LogP contribution in [0.25, 0.3) is 21.9 Å². The van der Waals surface area contributed by atoms with Crippen LogP contribution in [0, 0.1) is 5.92 Å². The number of imidazole rings is 1. The van der Waals surface area contributed by atoms with Crippen molar-refractivity contribution in [2.24, 2.45) is 5.92 Å². The summed E-state index contributed by atoms with van der Waals surface area (Å²) in [5.74, 6) is 0.632. The number of nitrogens with one attached hydrogen (secondary N) is 1. The molecule has 0 spiro atoms. The number of H-pyrrole nitrogens is 1. The van der Waals surface area contributed by atoms with Crippen LogP contribution in [0.5, 0.6) is 0 Å². The molecule has 23 heavy (non-hydrogen) atoms. The van der Waals surface area contributed by atoms with Crippen molar-refractivity contribution in [3.8, 4) is 0 Å². The van der Waals surface area contributed by atoms with Gasteiger partial charge in [0.15, 0.2) is 11.3 Å². The predicted octanol–water partition coefficient (Wildman–Crippen LogP) is 4.41. The van der Waals surface area contributed by atoms with Crippen molar-refractivity contribution < 1.29 is 9.53 Å². The van der Waals surface area contributed by atoms with Crippen LogP contribution >= 0.6 is 11.6 Å². The highest BCUT2D eigenvalue weighted by Crippen LogP contribution is 2.31. The highest BCUT2D eigenvalue weighted by molar-refractivity contribution is 6.35. The molecule has 0 aliphatic heterocycles. The van der Waals surface area contributed by atoms with Crippen molar-refractivity contribution in [2.75, 3.05) is 0 Å². The van der Waals surface area contributed by atoms with Crippen molar-refractivity contribution in [2.45, 2.75) is 33.3 Å². The van der Waals surface area contributed by atoms with E-state index in [9.17, 15) is 4.79 Å². The van der Waals surface area contributed by atoms with E-state index in [0.29, 0.717) is 28.8 Å². The Bertz CT molecular complexity index is 873. The summed E-state index contributed by atoms with van der Waals surface area (Å²) in [5.41, 5.74) is 2.21. The summed E-state index contributed by atoms with van der Waals surface area (Å²) in [6.07, 6.45) is 0.261. The fourth-order valence-electron chi connectivity index (χ4n) is 2.67. The zero-order valence-electron chi connectivity index (χ0n) is 13.3. The highest BCUT2D eigenvalue weighted by Gasteiger charge is 2.22. The van der Waals surface area contributed by atoms with Gasteiger partial charge in [-0.3, -0.25) is 4.79 Å². The Morgan fingerprint density at radius 1 is 1.30 bits per heavy atom. The Hall–Kier alpha value is -2.14. The maximum atomic E-state index is 11.4. The van der Waals surface area contributed by atoms with Gasteiger partial charge in [0.1, 0.15) is 11.3 Å². The third-order valence-electron chi connectivity index (χ3n) is 3.61. The Kier molecular flexibility index (Phi) is 4.22. The normalized spacial score (nSPS) is 12.9. The first kappa shape index (κ1) is 15.7. The summed E-state index contributed by atoms with van der Waals surface area (Å²) in [4.78, 5) is 23.6. The van der Waals surface area contributed by atoms with Crippen LogP contribution < -0.4 is 0 Å². The lowest BCUT2D eigenvalue weighted by Gasteiger charge is -2.16. The second kappa shape index (κ2) is 6.16. The SMILES string of the molecule is CC(=O)OC(CC(C)C)c1nc2c(Cl)nc3ccccc3c2[nH]1. The average Bonchev–Trinajstić information content (AvgIpc) is 2.92. The van der Waals surface area contributed by atoms with Gasteiger partial charge in [-0.2, -0.15) is 0 Å². The molecule has 1 aromatic carbocycles. The number of halogens is 1. The fraction of sp³-hybridized carbons (Fsp3) is 0.353. The molecule has 0 aliphatic carbocycles. The number of fused-ring (bicyclic) bond motifs is 3. The van der Waals surface area contributed by atoms with E-state index in [2.05, 4.69) is 28.8 Å². The number of aromatic amines is 1. The number of rotatable bonds is 4. The predicted molar refractivity (Wildman–Crippen MR) is 90.4 cm³/mol. The summed E-state index contributed by atoms with van der Waals surface area (Å²) >= 11 is 6.26. The van der Waals surface area contributed by atoms with Gasteiger partial charge < -0.3 is 9.72 Å². The molecule has 2 aromatic heterocycles. The summed E-state index contributed by atoms with van der Waals surface area (Å²) < 4.78 is 5.43. The molecule has 6 heteroatoms. The van der Waals surface area contributed by atoms with Crippen LogP contribution in [-0.4, -0.2) is 20.9 Å². The third-order valence-corrected chi connectivity index (χ3v) is 3.87. The van der Waals surface area contributed by atoms with Crippen LogP contribution in [0.3, 0.4) is 0 Å². The van der Waals surface area contributed by atoms with Crippen LogP contribution in [0.4, 0.5) is 0 Å². The number of hydrogen-bond donors (Lipinski definition) is 1. The molecule has 3 aromatic rings. The first-order valence-electron chi connectivity index (χ1n) is 7.56. The molecule has 1 atom stereocenters. The summed E-state index contributed by atoms with van der Waals surface area (Å²) in [5, 5.41) is 1.28. The minimum absolute atomic E-state index is 0.329. The Morgan fingerprint density at radius 3 is 2.74 bits per heavy atom. The maximum absolute atomic E-state index is 11.4. The first-order valence-corrected chi connectivity index (χ1v) is 7.94. The molecule has 2 heterocycles. The van der Waals surface area contributed by atoms with Gasteiger partial charge in [0.05, 0.1) is 11.0 Å². The third kappa shape index (κ3) is 3.15. The van der Waals surface area contributed by atoms with Crippen LogP contribution in [0.2, 0.25) is 5.15 Å². The van der Waals surface area contributed by atoms with Gasteiger partial charge in [-0.15, -0.1) is 0 Å². The smallest absolute Gasteiger partial charge is 0.303 e. The lowest BCUT2D eigenvalue weighted by Crippen LogP contribution is -2.12. The fourth-order valence-corrected chi connectivity index (χ4v) is 2.90. The highest BCUT2D eigenvalue weighted by atomic mass is 35.5. The minimum Gasteiger partial charge on any atom is -0.454 e. The molecule has 1 N–H and O–H groups in total. The Labute approximate surface area is 139 Å². The number of aromatic nitrogens is 3. The first-order chi connectivity index (χ1) is 11.0. The zero-order valence-corrected chi connectivity index (χ0v) is 14.0. The van der Waals surface area contributed by atoms with Crippen LogP contribution in [-0.2, 0) is 9.53 Å². The van der Waals surface area contributed by atoms with Crippen molar-refractivity contribution in [1.82, 2.24) is 15.0 Å². The molecule has 0 radical (unpaired) electrons. The lowest BCUT2D eigenvalue weighted by molar-refractivity contribution is -0.147. The molecule has 0 aliphatic rings. The molecule has 0 fully saturated rings. The number of nitrogens with zero attached hydrogens (tertiary/aromatic N) is 2. The van der Waals surface area contributed by atoms with Gasteiger partial charge >= 0.3 is 5.97 Å². The molecular formula is C17H18ClN3O2. The number of para-hydroxylation sites is 1. The molecular weight excluding hydrogens is 314 g/mol. The van der Waals surface area contributed by atoms with Gasteiger partial charge in [0.25, 0.3) is 0 Å². The monoisotopic (exact) mass is 331 g/mol. The quantitative estimate of drug-likeness (QED) is 0.567. The maximum Gasteiger partial charge on any atom is 0.303 e. The summed E-state index contributed by atoms with van der Waals surface area (Å²) in [7, 11) is 0. The number of pyridine rings is 1. The van der Waals surface area contributed by atoms with Crippen molar-refractivity contribution in [3.63, 3.8) is 0 Å². The average molecular weight is 332 g/mol. The van der Waals surface area contributed by atoms with E-state index >= 15 is 0 Å². The molecule has 0 amide bonds. The minimum atomic E-state index is -0.422.